The van der Waals surface area contributed by atoms with Crippen LogP contribution in [0, 0.1) is 0 Å². The molecule has 0 radical (unpaired) electrons. The number of hydrogen-bond acceptors (Lipinski definition) is 4. The lowest BCUT2D eigenvalue weighted by Gasteiger charge is -2.15. The minimum atomic E-state index is -0.141. The van der Waals surface area contributed by atoms with Gasteiger partial charge in [0.15, 0.2) is 5.17 Å². The van der Waals surface area contributed by atoms with E-state index in [9.17, 15) is 4.79 Å². The number of amidine groups is 1. The SMILES string of the molecule is O=C1/C(=C\c2cc(Br)ccc2OCc2ccccc2Cl)SC(=Nc2ccccc2)N1c1ccccc1. The first-order valence-electron chi connectivity index (χ1n) is 11.2. The van der Waals surface area contributed by atoms with Crippen molar-refractivity contribution in [2.75, 3.05) is 4.90 Å². The van der Waals surface area contributed by atoms with E-state index in [1.54, 1.807) is 4.90 Å². The Kier molecular flexibility index (Phi) is 7.56. The second-order valence-corrected chi connectivity index (χ2v) is 10.2. The average molecular weight is 576 g/mol. The van der Waals surface area contributed by atoms with Crippen LogP contribution in [-0.4, -0.2) is 11.1 Å². The zero-order chi connectivity index (χ0) is 24.9. The number of ether oxygens (including phenoxy) is 1. The Bertz CT molecular complexity index is 1460. The Morgan fingerprint density at radius 3 is 2.36 bits per heavy atom. The molecule has 4 aromatic carbocycles. The molecule has 1 heterocycles. The highest BCUT2D eigenvalue weighted by Crippen LogP contribution is 2.39. The lowest BCUT2D eigenvalue weighted by Crippen LogP contribution is -2.28. The number of carbonyl (C=O) groups is 1. The summed E-state index contributed by atoms with van der Waals surface area (Å²) in [4.78, 5) is 20.6. The molecule has 0 spiro atoms. The molecule has 1 aliphatic heterocycles. The largest absolute Gasteiger partial charge is 0.488 e. The van der Waals surface area contributed by atoms with Crippen LogP contribution in [-0.2, 0) is 11.4 Å². The predicted molar refractivity (Wildman–Crippen MR) is 153 cm³/mol. The summed E-state index contributed by atoms with van der Waals surface area (Å²) < 4.78 is 7.01. The predicted octanol–water partition coefficient (Wildman–Crippen LogP) is 8.49. The summed E-state index contributed by atoms with van der Waals surface area (Å²) in [5.74, 6) is 0.511. The van der Waals surface area contributed by atoms with Gasteiger partial charge >= 0.3 is 0 Å². The van der Waals surface area contributed by atoms with Gasteiger partial charge in [0.05, 0.1) is 16.3 Å². The van der Waals surface area contributed by atoms with Gasteiger partial charge in [-0.05, 0) is 66.4 Å². The van der Waals surface area contributed by atoms with Crippen LogP contribution in [0.3, 0.4) is 0 Å². The number of nitrogens with zero attached hydrogens (tertiary/aromatic N) is 2. The third kappa shape index (κ3) is 5.57. The summed E-state index contributed by atoms with van der Waals surface area (Å²) in [6, 6.07) is 32.5. The maximum absolute atomic E-state index is 13.6. The van der Waals surface area contributed by atoms with E-state index in [2.05, 4.69) is 15.9 Å². The fourth-order valence-electron chi connectivity index (χ4n) is 3.64. The summed E-state index contributed by atoms with van der Waals surface area (Å²) in [7, 11) is 0. The van der Waals surface area contributed by atoms with Gasteiger partial charge in [-0.3, -0.25) is 9.69 Å². The molecule has 1 aliphatic rings. The maximum atomic E-state index is 13.6. The van der Waals surface area contributed by atoms with E-state index >= 15 is 0 Å². The van der Waals surface area contributed by atoms with Gasteiger partial charge in [-0.1, -0.05) is 82.1 Å². The monoisotopic (exact) mass is 574 g/mol. The Labute approximate surface area is 227 Å². The van der Waals surface area contributed by atoms with Gasteiger partial charge in [-0.25, -0.2) is 4.99 Å². The highest BCUT2D eigenvalue weighted by atomic mass is 79.9. The number of amides is 1. The highest BCUT2D eigenvalue weighted by Gasteiger charge is 2.35. The van der Waals surface area contributed by atoms with Gasteiger partial charge < -0.3 is 4.74 Å². The number of anilines is 1. The molecule has 36 heavy (non-hydrogen) atoms. The third-order valence-corrected chi connectivity index (χ3v) is 7.23. The molecule has 0 saturated carbocycles. The zero-order valence-corrected chi connectivity index (χ0v) is 22.1. The number of aliphatic imine (C=N–C) groups is 1. The Morgan fingerprint density at radius 1 is 0.917 bits per heavy atom. The van der Waals surface area contributed by atoms with Crippen molar-refractivity contribution in [2.45, 2.75) is 6.61 Å². The number of carbonyl (C=O) groups excluding carboxylic acids is 1. The van der Waals surface area contributed by atoms with E-state index in [0.717, 1.165) is 27.0 Å². The van der Waals surface area contributed by atoms with Crippen molar-refractivity contribution < 1.29 is 9.53 Å². The number of thioether (sulfide) groups is 1. The topological polar surface area (TPSA) is 41.9 Å². The second-order valence-electron chi connectivity index (χ2n) is 7.88. The van der Waals surface area contributed by atoms with Crippen molar-refractivity contribution in [1.82, 2.24) is 0 Å². The summed E-state index contributed by atoms with van der Waals surface area (Å²) in [6.07, 6.45) is 1.85. The van der Waals surface area contributed by atoms with Crippen LogP contribution in [0.2, 0.25) is 5.02 Å². The lowest BCUT2D eigenvalue weighted by molar-refractivity contribution is -0.113. The fraction of sp³-hybridized carbons (Fsp3) is 0.0345. The molecule has 0 N–H and O–H groups in total. The van der Waals surface area contributed by atoms with Gasteiger partial charge in [0.1, 0.15) is 12.4 Å². The summed E-state index contributed by atoms with van der Waals surface area (Å²) in [5, 5.41) is 1.24. The molecule has 4 aromatic rings. The zero-order valence-electron chi connectivity index (χ0n) is 19.0. The normalized spacial score (nSPS) is 15.6. The van der Waals surface area contributed by atoms with Crippen LogP contribution in [0.1, 0.15) is 11.1 Å². The van der Waals surface area contributed by atoms with Gasteiger partial charge in [0, 0.05) is 20.6 Å². The van der Waals surface area contributed by atoms with Gasteiger partial charge in [0.25, 0.3) is 5.91 Å². The molecular weight excluding hydrogens is 556 g/mol. The number of rotatable bonds is 6. The molecule has 0 bridgehead atoms. The van der Waals surface area contributed by atoms with Crippen molar-refractivity contribution in [2.24, 2.45) is 4.99 Å². The van der Waals surface area contributed by atoms with Crippen LogP contribution >= 0.6 is 39.3 Å². The molecule has 7 heteroatoms. The molecule has 0 atom stereocenters. The molecule has 0 aromatic heterocycles. The van der Waals surface area contributed by atoms with Crippen molar-refractivity contribution in [1.29, 1.82) is 0 Å². The lowest BCUT2D eigenvalue weighted by atomic mass is 10.1. The molecule has 0 unspecified atom stereocenters. The first-order valence-corrected chi connectivity index (χ1v) is 13.2. The minimum absolute atomic E-state index is 0.141. The minimum Gasteiger partial charge on any atom is -0.488 e. The average Bonchev–Trinajstić information content (AvgIpc) is 3.19. The standard InChI is InChI=1S/C29H20BrClN2O2S/c30-22-15-16-26(35-19-20-9-7-8-14-25(20)31)21(17-22)18-27-28(34)33(24-12-5-2-6-13-24)29(36-27)32-23-10-3-1-4-11-23/h1-18H,19H2/b27-18+,32-29?. The smallest absolute Gasteiger partial charge is 0.271 e. The second kappa shape index (κ2) is 11.2. The van der Waals surface area contributed by atoms with Crippen LogP contribution in [0.4, 0.5) is 11.4 Å². The van der Waals surface area contributed by atoms with Crippen LogP contribution in [0.25, 0.3) is 6.08 Å². The first kappa shape index (κ1) is 24.4. The summed E-state index contributed by atoms with van der Waals surface area (Å²) >= 11 is 11.2. The fourth-order valence-corrected chi connectivity index (χ4v) is 5.20. The van der Waals surface area contributed by atoms with Crippen molar-refractivity contribution in [3.8, 4) is 5.75 Å². The molecule has 1 saturated heterocycles. The summed E-state index contributed by atoms with van der Waals surface area (Å²) in [5.41, 5.74) is 3.21. The molecule has 5 rings (SSSR count). The Balaban J connectivity index is 1.50. The maximum Gasteiger partial charge on any atom is 0.271 e. The quantitative estimate of drug-likeness (QED) is 0.217. The van der Waals surface area contributed by atoms with E-state index in [1.165, 1.54) is 11.8 Å². The van der Waals surface area contributed by atoms with E-state index < -0.39 is 0 Å². The third-order valence-electron chi connectivity index (χ3n) is 5.40. The molecular formula is C29H20BrClN2O2S. The number of benzene rings is 4. The molecule has 0 aliphatic carbocycles. The van der Waals surface area contributed by atoms with Gasteiger partial charge in [-0.15, -0.1) is 0 Å². The van der Waals surface area contributed by atoms with Crippen LogP contribution in [0.5, 0.6) is 5.75 Å². The van der Waals surface area contributed by atoms with Crippen molar-refractivity contribution in [3.05, 3.63) is 129 Å². The van der Waals surface area contributed by atoms with Gasteiger partial charge in [0.2, 0.25) is 0 Å². The van der Waals surface area contributed by atoms with E-state index in [0.29, 0.717) is 27.5 Å². The Hall–Kier alpha value is -3.32. The van der Waals surface area contributed by atoms with E-state index in [1.807, 2.05) is 109 Å². The number of hydrogen-bond donors (Lipinski definition) is 0. The summed E-state index contributed by atoms with van der Waals surface area (Å²) in [6.45, 7) is 0.315. The molecule has 178 valence electrons. The number of halogens is 2. The van der Waals surface area contributed by atoms with E-state index in [-0.39, 0.29) is 5.91 Å². The molecule has 4 nitrogen and oxygen atoms in total. The molecule has 1 fully saturated rings. The highest BCUT2D eigenvalue weighted by molar-refractivity contribution is 9.10. The van der Waals surface area contributed by atoms with Crippen molar-refractivity contribution >= 4 is 67.8 Å². The van der Waals surface area contributed by atoms with Crippen LogP contribution in [0.15, 0.2) is 117 Å². The van der Waals surface area contributed by atoms with Gasteiger partial charge in [-0.2, -0.15) is 0 Å². The first-order chi connectivity index (χ1) is 17.6. The Morgan fingerprint density at radius 2 is 1.61 bits per heavy atom. The number of para-hydroxylation sites is 2. The molecule has 1 amide bonds. The van der Waals surface area contributed by atoms with E-state index in [4.69, 9.17) is 21.3 Å². The van der Waals surface area contributed by atoms with Crippen LogP contribution < -0.4 is 9.64 Å². The van der Waals surface area contributed by atoms with Crippen molar-refractivity contribution in [3.63, 3.8) is 0 Å².